The highest BCUT2D eigenvalue weighted by atomic mass is 15.3. The van der Waals surface area contributed by atoms with Crippen LogP contribution in [-0.2, 0) is 0 Å². The van der Waals surface area contributed by atoms with E-state index in [9.17, 15) is 0 Å². The normalized spacial score (nSPS) is 22.0. The van der Waals surface area contributed by atoms with Crippen LogP contribution in [0.1, 0.15) is 34.6 Å². The van der Waals surface area contributed by atoms with Crippen LogP contribution >= 0.6 is 0 Å². The molecule has 0 fully saturated rings. The summed E-state index contributed by atoms with van der Waals surface area (Å²) in [7, 11) is 0. The van der Waals surface area contributed by atoms with Crippen LogP contribution in [0.5, 0.6) is 0 Å². The van der Waals surface area contributed by atoms with Crippen LogP contribution < -0.4 is 0 Å². The van der Waals surface area contributed by atoms with Gasteiger partial charge in [-0.2, -0.15) is 0 Å². The van der Waals surface area contributed by atoms with Gasteiger partial charge in [0.25, 0.3) is 0 Å². The first-order chi connectivity index (χ1) is 5.36. The number of rotatable bonds is 1. The third-order valence-corrected chi connectivity index (χ3v) is 2.30. The summed E-state index contributed by atoms with van der Waals surface area (Å²) in [6.07, 6.45) is 0. The number of nitrogens with zero attached hydrogens (tertiary/aromatic N) is 2. The highest BCUT2D eigenvalue weighted by Gasteiger charge is 2.34. The summed E-state index contributed by atoms with van der Waals surface area (Å²) in [5.74, 6) is 1.08. The Kier molecular flexibility index (Phi) is 2.02. The van der Waals surface area contributed by atoms with Crippen LogP contribution in [0.2, 0.25) is 0 Å². The van der Waals surface area contributed by atoms with E-state index in [1.54, 1.807) is 0 Å². The van der Waals surface area contributed by atoms with Gasteiger partial charge in [-0.1, -0.05) is 6.58 Å². The molecule has 2 heteroatoms. The molecule has 0 saturated heterocycles. The van der Waals surface area contributed by atoms with Gasteiger partial charge in [-0.15, -0.1) is 0 Å². The zero-order valence-corrected chi connectivity index (χ0v) is 8.68. The molecule has 0 spiro atoms. The molecule has 0 aromatic heterocycles. The van der Waals surface area contributed by atoms with E-state index in [1.807, 2.05) is 6.92 Å². The Morgan fingerprint density at radius 2 is 1.92 bits per heavy atom. The van der Waals surface area contributed by atoms with Gasteiger partial charge in [0.05, 0.1) is 5.54 Å². The minimum Gasteiger partial charge on any atom is -0.330 e. The van der Waals surface area contributed by atoms with Crippen LogP contribution in [0.4, 0.5) is 0 Å². The molecule has 1 aliphatic heterocycles. The standard InChI is InChI=1S/C10H18N2/c1-7(2)12-8(3)10(5,6)11-9(12)4/h7H,3H2,1-2,4-6H3. The minimum absolute atomic E-state index is 0.103. The van der Waals surface area contributed by atoms with E-state index in [0.29, 0.717) is 6.04 Å². The van der Waals surface area contributed by atoms with Crippen molar-refractivity contribution in [3.05, 3.63) is 12.3 Å². The first kappa shape index (κ1) is 9.30. The van der Waals surface area contributed by atoms with Crippen molar-refractivity contribution in [1.82, 2.24) is 4.90 Å². The smallest absolute Gasteiger partial charge is 0.101 e. The quantitative estimate of drug-likeness (QED) is 0.584. The van der Waals surface area contributed by atoms with E-state index in [2.05, 4.69) is 44.2 Å². The molecular formula is C10H18N2. The van der Waals surface area contributed by atoms with Crippen molar-refractivity contribution >= 4 is 5.84 Å². The van der Waals surface area contributed by atoms with Gasteiger partial charge in [-0.05, 0) is 34.6 Å². The Bertz CT molecular complexity index is 236. The van der Waals surface area contributed by atoms with Crippen molar-refractivity contribution in [3.63, 3.8) is 0 Å². The molecule has 0 aromatic carbocycles. The molecule has 1 heterocycles. The van der Waals surface area contributed by atoms with Crippen LogP contribution in [0.15, 0.2) is 17.3 Å². The summed E-state index contributed by atoms with van der Waals surface area (Å²) in [5, 5.41) is 0. The molecule has 0 atom stereocenters. The third-order valence-electron chi connectivity index (χ3n) is 2.30. The third kappa shape index (κ3) is 1.26. The maximum absolute atomic E-state index is 4.55. The fourth-order valence-electron chi connectivity index (χ4n) is 1.70. The maximum Gasteiger partial charge on any atom is 0.101 e. The average Bonchev–Trinajstić information content (AvgIpc) is 2.02. The molecule has 0 N–H and O–H groups in total. The Labute approximate surface area is 75.0 Å². The second-order valence-corrected chi connectivity index (χ2v) is 4.13. The average molecular weight is 166 g/mol. The van der Waals surface area contributed by atoms with Gasteiger partial charge in [0.1, 0.15) is 5.84 Å². The van der Waals surface area contributed by atoms with E-state index >= 15 is 0 Å². The van der Waals surface area contributed by atoms with E-state index in [-0.39, 0.29) is 5.54 Å². The van der Waals surface area contributed by atoms with Crippen LogP contribution in [0, 0.1) is 0 Å². The molecule has 68 valence electrons. The van der Waals surface area contributed by atoms with E-state index < -0.39 is 0 Å². The summed E-state index contributed by atoms with van der Waals surface area (Å²) in [6, 6.07) is 0.461. The Morgan fingerprint density at radius 3 is 2.08 bits per heavy atom. The van der Waals surface area contributed by atoms with Gasteiger partial charge in [0.15, 0.2) is 0 Å². The molecule has 0 aromatic rings. The topological polar surface area (TPSA) is 15.6 Å². The highest BCUT2D eigenvalue weighted by Crippen LogP contribution is 2.31. The monoisotopic (exact) mass is 166 g/mol. The summed E-state index contributed by atoms with van der Waals surface area (Å²) < 4.78 is 0. The fourth-order valence-corrected chi connectivity index (χ4v) is 1.70. The van der Waals surface area contributed by atoms with Gasteiger partial charge in [-0.25, -0.2) is 0 Å². The molecule has 2 nitrogen and oxygen atoms in total. The van der Waals surface area contributed by atoms with Crippen molar-refractivity contribution in [2.75, 3.05) is 0 Å². The molecule has 0 bridgehead atoms. The lowest BCUT2D eigenvalue weighted by Gasteiger charge is -2.28. The van der Waals surface area contributed by atoms with Gasteiger partial charge < -0.3 is 4.90 Å². The Hall–Kier alpha value is -0.790. The molecule has 12 heavy (non-hydrogen) atoms. The second kappa shape index (κ2) is 2.61. The summed E-state index contributed by atoms with van der Waals surface area (Å²) in [5.41, 5.74) is 1.00. The highest BCUT2D eigenvalue weighted by molar-refractivity contribution is 5.85. The molecule has 0 aliphatic carbocycles. The molecule has 1 aliphatic rings. The lowest BCUT2D eigenvalue weighted by atomic mass is 10.0. The van der Waals surface area contributed by atoms with Crippen LogP contribution in [0.3, 0.4) is 0 Å². The van der Waals surface area contributed by atoms with E-state index in [1.165, 1.54) is 0 Å². The lowest BCUT2D eigenvalue weighted by molar-refractivity contribution is 0.400. The second-order valence-electron chi connectivity index (χ2n) is 4.13. The zero-order valence-electron chi connectivity index (χ0n) is 8.68. The largest absolute Gasteiger partial charge is 0.330 e. The molecule has 0 radical (unpaired) electrons. The number of hydrogen-bond donors (Lipinski definition) is 0. The first-order valence-corrected chi connectivity index (χ1v) is 4.41. The summed E-state index contributed by atoms with van der Waals surface area (Å²) in [4.78, 5) is 6.74. The lowest BCUT2D eigenvalue weighted by Crippen LogP contribution is -2.33. The van der Waals surface area contributed by atoms with Crippen molar-refractivity contribution in [2.24, 2.45) is 4.99 Å². The van der Waals surface area contributed by atoms with Crippen molar-refractivity contribution < 1.29 is 0 Å². The van der Waals surface area contributed by atoms with E-state index in [4.69, 9.17) is 0 Å². The number of amidine groups is 1. The van der Waals surface area contributed by atoms with Crippen molar-refractivity contribution in [3.8, 4) is 0 Å². The van der Waals surface area contributed by atoms with Crippen LogP contribution in [-0.4, -0.2) is 22.3 Å². The fraction of sp³-hybridized carbons (Fsp3) is 0.700. The van der Waals surface area contributed by atoms with Gasteiger partial charge in [0, 0.05) is 11.7 Å². The summed E-state index contributed by atoms with van der Waals surface area (Å²) >= 11 is 0. The Balaban J connectivity index is 2.97. The summed E-state index contributed by atoms with van der Waals surface area (Å²) in [6.45, 7) is 14.6. The molecule has 0 amide bonds. The molecule has 1 rings (SSSR count). The molecular weight excluding hydrogens is 148 g/mol. The SMILES string of the molecule is C=C1N(C(C)C)C(C)=NC1(C)C. The number of aliphatic imine (C=N–C) groups is 1. The van der Waals surface area contributed by atoms with Gasteiger partial charge in [-0.3, -0.25) is 4.99 Å². The van der Waals surface area contributed by atoms with Crippen molar-refractivity contribution in [1.29, 1.82) is 0 Å². The van der Waals surface area contributed by atoms with Crippen LogP contribution in [0.25, 0.3) is 0 Å². The predicted octanol–water partition coefficient (Wildman–Crippen LogP) is 2.42. The van der Waals surface area contributed by atoms with E-state index in [0.717, 1.165) is 11.5 Å². The maximum atomic E-state index is 4.55. The predicted molar refractivity (Wildman–Crippen MR) is 53.3 cm³/mol. The van der Waals surface area contributed by atoms with Gasteiger partial charge >= 0.3 is 0 Å². The number of hydrogen-bond acceptors (Lipinski definition) is 2. The molecule has 0 unspecified atom stereocenters. The van der Waals surface area contributed by atoms with Gasteiger partial charge in [0.2, 0.25) is 0 Å². The first-order valence-electron chi connectivity index (χ1n) is 4.41. The zero-order chi connectivity index (χ0) is 9.52. The molecule has 0 saturated carbocycles. The minimum atomic E-state index is -0.103. The Morgan fingerprint density at radius 1 is 1.42 bits per heavy atom. The van der Waals surface area contributed by atoms with Crippen molar-refractivity contribution in [2.45, 2.75) is 46.2 Å².